The van der Waals surface area contributed by atoms with E-state index in [1.165, 1.54) is 17.0 Å². The average Bonchev–Trinajstić information content (AvgIpc) is 3.15. The number of rotatable bonds is 3. The van der Waals surface area contributed by atoms with E-state index < -0.39 is 17.7 Å². The molecule has 2 saturated heterocycles. The summed E-state index contributed by atoms with van der Waals surface area (Å²) in [6, 6.07) is 14.6. The molecule has 2 aliphatic heterocycles. The van der Waals surface area contributed by atoms with E-state index in [9.17, 15) is 22.8 Å². The van der Waals surface area contributed by atoms with E-state index >= 15 is 0 Å². The molecular weight excluding hydrogens is 395 g/mol. The molecule has 0 saturated carbocycles. The molecule has 2 aromatic rings. The van der Waals surface area contributed by atoms with Crippen molar-refractivity contribution in [2.45, 2.75) is 12.6 Å². The van der Waals surface area contributed by atoms with Gasteiger partial charge < -0.3 is 14.7 Å². The summed E-state index contributed by atoms with van der Waals surface area (Å²) >= 11 is 0. The molecule has 0 radical (unpaired) electrons. The Labute approximate surface area is 172 Å². The van der Waals surface area contributed by atoms with Crippen molar-refractivity contribution < 1.29 is 22.8 Å². The largest absolute Gasteiger partial charge is 0.416 e. The molecular formula is C22H22F3N3O2. The third kappa shape index (κ3) is 4.13. The highest BCUT2D eigenvalue weighted by Gasteiger charge is 2.39. The van der Waals surface area contributed by atoms with Crippen LogP contribution in [0.4, 0.5) is 24.5 Å². The van der Waals surface area contributed by atoms with Gasteiger partial charge in [0.25, 0.3) is 0 Å². The van der Waals surface area contributed by atoms with Crippen molar-refractivity contribution in [3.8, 4) is 0 Å². The lowest BCUT2D eigenvalue weighted by Crippen LogP contribution is -2.50. The van der Waals surface area contributed by atoms with Crippen molar-refractivity contribution in [1.29, 1.82) is 0 Å². The predicted molar refractivity (Wildman–Crippen MR) is 107 cm³/mol. The number of halogens is 3. The summed E-state index contributed by atoms with van der Waals surface area (Å²) in [5.41, 5.74) is 0.481. The Morgan fingerprint density at radius 2 is 1.57 bits per heavy atom. The van der Waals surface area contributed by atoms with Gasteiger partial charge in [-0.15, -0.1) is 0 Å². The molecule has 30 heavy (non-hydrogen) atoms. The summed E-state index contributed by atoms with van der Waals surface area (Å²) < 4.78 is 39.0. The number of piperazine rings is 1. The number of carbonyl (C=O) groups is 2. The van der Waals surface area contributed by atoms with Gasteiger partial charge in [-0.2, -0.15) is 13.2 Å². The second kappa shape index (κ2) is 8.01. The zero-order valence-corrected chi connectivity index (χ0v) is 16.3. The summed E-state index contributed by atoms with van der Waals surface area (Å²) in [5, 5.41) is 0. The fourth-order valence-electron chi connectivity index (χ4n) is 4.05. The maximum absolute atomic E-state index is 13.0. The van der Waals surface area contributed by atoms with Crippen LogP contribution in [0.3, 0.4) is 0 Å². The Kier molecular flexibility index (Phi) is 5.40. The highest BCUT2D eigenvalue weighted by Crippen LogP contribution is 2.34. The number of amides is 2. The molecule has 0 spiro atoms. The van der Waals surface area contributed by atoms with Gasteiger partial charge in [0.2, 0.25) is 11.8 Å². The Hall–Kier alpha value is -3.03. The third-order valence-corrected chi connectivity index (χ3v) is 5.67. The highest BCUT2D eigenvalue weighted by molar-refractivity contribution is 6.00. The number of nitrogens with zero attached hydrogens (tertiary/aromatic N) is 3. The second-order valence-electron chi connectivity index (χ2n) is 7.60. The number of anilines is 2. The molecule has 2 aliphatic rings. The van der Waals surface area contributed by atoms with E-state index in [0.717, 1.165) is 17.8 Å². The maximum Gasteiger partial charge on any atom is 0.416 e. The summed E-state index contributed by atoms with van der Waals surface area (Å²) in [6.07, 6.45) is -4.46. The van der Waals surface area contributed by atoms with Crippen molar-refractivity contribution in [1.82, 2.24) is 4.90 Å². The summed E-state index contributed by atoms with van der Waals surface area (Å²) in [6.45, 7) is 2.63. The Morgan fingerprint density at radius 3 is 2.23 bits per heavy atom. The van der Waals surface area contributed by atoms with Gasteiger partial charge >= 0.3 is 6.18 Å². The van der Waals surface area contributed by atoms with E-state index in [4.69, 9.17) is 0 Å². The normalized spacial score (nSPS) is 20.0. The fraction of sp³-hybridized carbons (Fsp3) is 0.364. The van der Waals surface area contributed by atoms with Crippen LogP contribution in [-0.2, 0) is 15.8 Å². The molecule has 8 heteroatoms. The molecule has 2 amide bonds. The molecule has 0 aliphatic carbocycles. The minimum absolute atomic E-state index is 0.0218. The Morgan fingerprint density at radius 1 is 0.900 bits per heavy atom. The number of para-hydroxylation sites is 1. The number of alkyl halides is 3. The molecule has 0 unspecified atom stereocenters. The number of carbonyl (C=O) groups excluding carboxylic acids is 2. The molecule has 5 nitrogen and oxygen atoms in total. The van der Waals surface area contributed by atoms with E-state index in [1.54, 1.807) is 4.90 Å². The van der Waals surface area contributed by atoms with Gasteiger partial charge in [0.15, 0.2) is 0 Å². The van der Waals surface area contributed by atoms with Crippen molar-refractivity contribution >= 4 is 23.2 Å². The minimum Gasteiger partial charge on any atom is -0.368 e. The van der Waals surface area contributed by atoms with Crippen LogP contribution in [0.5, 0.6) is 0 Å². The summed E-state index contributed by atoms with van der Waals surface area (Å²) in [4.78, 5) is 30.6. The van der Waals surface area contributed by atoms with Crippen LogP contribution in [0.15, 0.2) is 54.6 Å². The van der Waals surface area contributed by atoms with Gasteiger partial charge in [-0.1, -0.05) is 24.3 Å². The first-order valence-electron chi connectivity index (χ1n) is 9.89. The lowest BCUT2D eigenvalue weighted by Gasteiger charge is -2.37. The van der Waals surface area contributed by atoms with Crippen molar-refractivity contribution in [3.63, 3.8) is 0 Å². The molecule has 0 aromatic heterocycles. The van der Waals surface area contributed by atoms with Gasteiger partial charge in [-0.3, -0.25) is 9.59 Å². The molecule has 0 N–H and O–H groups in total. The molecule has 0 bridgehead atoms. The third-order valence-electron chi connectivity index (χ3n) is 5.67. The monoisotopic (exact) mass is 417 g/mol. The first-order chi connectivity index (χ1) is 14.3. The van der Waals surface area contributed by atoms with Gasteiger partial charge in [0.1, 0.15) is 0 Å². The SMILES string of the molecule is O=C([C@@H]1CC(=O)N(c2cccc(C(F)(F)F)c2)C1)N1CCN(c2ccccc2)CC1. The smallest absolute Gasteiger partial charge is 0.368 e. The topological polar surface area (TPSA) is 43.9 Å². The van der Waals surface area contributed by atoms with E-state index in [2.05, 4.69) is 4.90 Å². The summed E-state index contributed by atoms with van der Waals surface area (Å²) in [7, 11) is 0. The summed E-state index contributed by atoms with van der Waals surface area (Å²) in [5.74, 6) is -0.962. The zero-order valence-electron chi connectivity index (χ0n) is 16.3. The van der Waals surface area contributed by atoms with Crippen LogP contribution in [0.1, 0.15) is 12.0 Å². The van der Waals surface area contributed by atoms with E-state index in [-0.39, 0.29) is 30.5 Å². The van der Waals surface area contributed by atoms with E-state index in [1.807, 2.05) is 30.3 Å². The molecule has 158 valence electrons. The standard InChI is InChI=1S/C22H22F3N3O2/c23-22(24,25)17-5-4-8-19(14-17)28-15-16(13-20(28)29)21(30)27-11-9-26(10-12-27)18-6-2-1-3-7-18/h1-8,14,16H,9-13,15H2/t16-/m1/s1. The van der Waals surface area contributed by atoms with E-state index in [0.29, 0.717) is 26.2 Å². The van der Waals surface area contributed by atoms with Gasteiger partial charge in [-0.25, -0.2) is 0 Å². The lowest BCUT2D eigenvalue weighted by molar-refractivity contribution is -0.137. The van der Waals surface area contributed by atoms with Crippen LogP contribution in [0, 0.1) is 5.92 Å². The number of hydrogen-bond donors (Lipinski definition) is 0. The van der Waals surface area contributed by atoms with Crippen LogP contribution in [0.2, 0.25) is 0 Å². The Balaban J connectivity index is 1.39. The number of benzene rings is 2. The van der Waals surface area contributed by atoms with Crippen LogP contribution in [-0.4, -0.2) is 49.4 Å². The minimum atomic E-state index is -4.48. The Bertz CT molecular complexity index is 925. The van der Waals surface area contributed by atoms with Gasteiger partial charge in [-0.05, 0) is 30.3 Å². The molecule has 2 heterocycles. The first-order valence-corrected chi connectivity index (χ1v) is 9.89. The maximum atomic E-state index is 13.0. The van der Waals surface area contributed by atoms with Crippen LogP contribution >= 0.6 is 0 Å². The predicted octanol–water partition coefficient (Wildman–Crippen LogP) is 3.41. The lowest BCUT2D eigenvalue weighted by atomic mass is 10.1. The molecule has 2 aromatic carbocycles. The first kappa shape index (κ1) is 20.3. The molecule has 2 fully saturated rings. The fourth-order valence-corrected chi connectivity index (χ4v) is 4.05. The van der Waals surface area contributed by atoms with Gasteiger partial charge in [0.05, 0.1) is 11.5 Å². The van der Waals surface area contributed by atoms with Crippen molar-refractivity contribution in [3.05, 3.63) is 60.2 Å². The highest BCUT2D eigenvalue weighted by atomic mass is 19.4. The molecule has 1 atom stereocenters. The quantitative estimate of drug-likeness (QED) is 0.769. The number of hydrogen-bond acceptors (Lipinski definition) is 3. The average molecular weight is 417 g/mol. The van der Waals surface area contributed by atoms with Crippen LogP contribution in [0.25, 0.3) is 0 Å². The van der Waals surface area contributed by atoms with Gasteiger partial charge in [0, 0.05) is 50.5 Å². The zero-order chi connectivity index (χ0) is 21.3. The van der Waals surface area contributed by atoms with Crippen molar-refractivity contribution in [2.75, 3.05) is 42.5 Å². The van der Waals surface area contributed by atoms with Crippen LogP contribution < -0.4 is 9.80 Å². The second-order valence-corrected chi connectivity index (χ2v) is 7.60. The van der Waals surface area contributed by atoms with Crippen molar-refractivity contribution in [2.24, 2.45) is 5.92 Å². The molecule has 4 rings (SSSR count).